The first-order chi connectivity index (χ1) is 9.21. The van der Waals surface area contributed by atoms with E-state index in [4.69, 9.17) is 0 Å². The lowest BCUT2D eigenvalue weighted by Crippen LogP contribution is -2.46. The Morgan fingerprint density at radius 2 is 1.79 bits per heavy atom. The van der Waals surface area contributed by atoms with Crippen molar-refractivity contribution in [1.29, 1.82) is 0 Å². The first-order valence-electron chi connectivity index (χ1n) is 8.32. The molecule has 3 nitrogen and oxygen atoms in total. The van der Waals surface area contributed by atoms with Crippen molar-refractivity contribution in [3.05, 3.63) is 0 Å². The van der Waals surface area contributed by atoms with Crippen molar-refractivity contribution < 1.29 is 4.79 Å². The molecule has 4 rings (SSSR count). The third-order valence-corrected chi connectivity index (χ3v) is 6.10. The first kappa shape index (κ1) is 12.2. The largest absolute Gasteiger partial charge is 0.322 e. The van der Waals surface area contributed by atoms with Gasteiger partial charge in [-0.1, -0.05) is 32.6 Å². The molecule has 1 amide bonds. The van der Waals surface area contributed by atoms with Crippen molar-refractivity contribution >= 4 is 5.91 Å². The van der Waals surface area contributed by atoms with E-state index in [2.05, 4.69) is 17.1 Å². The fourth-order valence-corrected chi connectivity index (χ4v) is 4.79. The average molecular weight is 262 g/mol. The van der Waals surface area contributed by atoms with Crippen LogP contribution >= 0.6 is 0 Å². The lowest BCUT2D eigenvalue weighted by molar-refractivity contribution is -0.134. The Morgan fingerprint density at radius 1 is 1.16 bits per heavy atom. The molecular formula is C16H26N2O. The lowest BCUT2D eigenvalue weighted by atomic mass is 9.97. The van der Waals surface area contributed by atoms with E-state index < -0.39 is 0 Å². The molecule has 0 aromatic heterocycles. The summed E-state index contributed by atoms with van der Waals surface area (Å²) in [7, 11) is 0. The summed E-state index contributed by atoms with van der Waals surface area (Å²) in [6.45, 7) is 2.29. The lowest BCUT2D eigenvalue weighted by Gasteiger charge is -2.29. The molecule has 0 radical (unpaired) electrons. The summed E-state index contributed by atoms with van der Waals surface area (Å²) >= 11 is 0. The van der Waals surface area contributed by atoms with Crippen LogP contribution in [0.5, 0.6) is 0 Å². The molecule has 3 atom stereocenters. The van der Waals surface area contributed by atoms with Crippen LogP contribution in [0.15, 0.2) is 0 Å². The van der Waals surface area contributed by atoms with Gasteiger partial charge in [0.1, 0.15) is 0 Å². The number of carbonyl (C=O) groups excluding carboxylic acids is 1. The van der Waals surface area contributed by atoms with Crippen LogP contribution in [0.1, 0.15) is 64.7 Å². The van der Waals surface area contributed by atoms with Crippen LogP contribution in [0.25, 0.3) is 0 Å². The summed E-state index contributed by atoms with van der Waals surface area (Å²) in [5.41, 5.74) is -0.157. The quantitative estimate of drug-likeness (QED) is 0.830. The molecule has 0 aromatic rings. The van der Waals surface area contributed by atoms with Crippen LogP contribution in [-0.2, 0) is 4.79 Å². The second-order valence-electron chi connectivity index (χ2n) is 7.42. The van der Waals surface area contributed by atoms with Crippen LogP contribution < -0.4 is 5.32 Å². The van der Waals surface area contributed by atoms with Crippen molar-refractivity contribution in [2.24, 2.45) is 11.8 Å². The Hall–Kier alpha value is -0.570. The van der Waals surface area contributed by atoms with Crippen LogP contribution in [0.3, 0.4) is 0 Å². The van der Waals surface area contributed by atoms with Gasteiger partial charge in [0.15, 0.2) is 0 Å². The highest BCUT2D eigenvalue weighted by atomic mass is 16.2. The minimum atomic E-state index is -0.157. The standard InChI is InChI=1S/C16H26N2O/c1-11-10-13(11)18-14(12-6-2-3-7-12)17-16(15(18)19)8-4-5-9-16/h11-14,17H,2-10H2,1H3. The minimum absolute atomic E-state index is 0.157. The maximum atomic E-state index is 13.0. The van der Waals surface area contributed by atoms with E-state index in [1.54, 1.807) is 0 Å². The number of nitrogens with zero attached hydrogens (tertiary/aromatic N) is 1. The molecule has 4 fully saturated rings. The molecule has 3 heteroatoms. The number of carbonyl (C=O) groups is 1. The monoisotopic (exact) mass is 262 g/mol. The number of amides is 1. The van der Waals surface area contributed by atoms with Gasteiger partial charge in [0.25, 0.3) is 0 Å². The van der Waals surface area contributed by atoms with Gasteiger partial charge in [0.05, 0.1) is 11.7 Å². The Balaban J connectivity index is 1.62. The van der Waals surface area contributed by atoms with E-state index in [-0.39, 0.29) is 5.54 Å². The number of nitrogens with one attached hydrogen (secondary N) is 1. The highest BCUT2D eigenvalue weighted by Gasteiger charge is 2.58. The molecule has 1 N–H and O–H groups in total. The third-order valence-electron chi connectivity index (χ3n) is 6.10. The van der Waals surface area contributed by atoms with E-state index in [1.807, 2.05) is 0 Å². The molecule has 4 aliphatic rings. The minimum Gasteiger partial charge on any atom is -0.322 e. The fourth-order valence-electron chi connectivity index (χ4n) is 4.79. The zero-order valence-corrected chi connectivity index (χ0v) is 12.0. The Kier molecular flexibility index (Phi) is 2.70. The average Bonchev–Trinajstić information content (AvgIpc) is 2.88. The van der Waals surface area contributed by atoms with Gasteiger partial charge < -0.3 is 4.90 Å². The molecule has 1 aliphatic heterocycles. The molecule has 1 spiro atoms. The summed E-state index contributed by atoms with van der Waals surface area (Å²) in [5, 5.41) is 3.83. The summed E-state index contributed by atoms with van der Waals surface area (Å²) in [6, 6.07) is 0.547. The fraction of sp³-hybridized carbons (Fsp3) is 0.938. The Labute approximate surface area is 116 Å². The van der Waals surface area contributed by atoms with Gasteiger partial charge >= 0.3 is 0 Å². The van der Waals surface area contributed by atoms with Gasteiger partial charge in [0.2, 0.25) is 5.91 Å². The zero-order chi connectivity index (χ0) is 13.0. The number of hydrogen-bond donors (Lipinski definition) is 1. The maximum Gasteiger partial charge on any atom is 0.244 e. The molecular weight excluding hydrogens is 236 g/mol. The third kappa shape index (κ3) is 1.77. The molecule has 1 saturated heterocycles. The summed E-state index contributed by atoms with van der Waals surface area (Å²) < 4.78 is 0. The van der Waals surface area contributed by atoms with Crippen LogP contribution in [0.4, 0.5) is 0 Å². The second kappa shape index (κ2) is 4.21. The van der Waals surface area contributed by atoms with Crippen molar-refractivity contribution in [3.63, 3.8) is 0 Å². The molecule has 0 aromatic carbocycles. The maximum absolute atomic E-state index is 13.0. The van der Waals surface area contributed by atoms with E-state index >= 15 is 0 Å². The molecule has 1 heterocycles. The first-order valence-corrected chi connectivity index (χ1v) is 8.32. The molecule has 3 saturated carbocycles. The van der Waals surface area contributed by atoms with Crippen LogP contribution in [0, 0.1) is 11.8 Å². The van der Waals surface area contributed by atoms with E-state index in [0.29, 0.717) is 18.1 Å². The van der Waals surface area contributed by atoms with E-state index in [1.165, 1.54) is 44.9 Å². The molecule has 0 bridgehead atoms. The smallest absolute Gasteiger partial charge is 0.244 e. The van der Waals surface area contributed by atoms with Gasteiger partial charge in [-0.05, 0) is 43.9 Å². The summed E-state index contributed by atoms with van der Waals surface area (Å²) in [4.78, 5) is 15.3. The normalized spacial score (nSPS) is 41.6. The number of hydrogen-bond acceptors (Lipinski definition) is 2. The topological polar surface area (TPSA) is 32.3 Å². The SMILES string of the molecule is CC1CC1N1C(=O)C2(CCCC2)NC1C1CCCC1. The highest BCUT2D eigenvalue weighted by Crippen LogP contribution is 2.47. The van der Waals surface area contributed by atoms with Crippen molar-refractivity contribution in [1.82, 2.24) is 10.2 Å². The van der Waals surface area contributed by atoms with Crippen molar-refractivity contribution in [3.8, 4) is 0 Å². The summed E-state index contributed by atoms with van der Waals surface area (Å²) in [6.07, 6.45) is 11.6. The predicted octanol–water partition coefficient (Wildman–Crippen LogP) is 2.66. The van der Waals surface area contributed by atoms with E-state index in [9.17, 15) is 4.79 Å². The zero-order valence-electron chi connectivity index (χ0n) is 12.0. The predicted molar refractivity (Wildman–Crippen MR) is 74.5 cm³/mol. The highest BCUT2D eigenvalue weighted by molar-refractivity contribution is 5.89. The van der Waals surface area contributed by atoms with Crippen molar-refractivity contribution in [2.75, 3.05) is 0 Å². The molecule has 19 heavy (non-hydrogen) atoms. The van der Waals surface area contributed by atoms with E-state index in [0.717, 1.165) is 24.7 Å². The van der Waals surface area contributed by atoms with Gasteiger partial charge in [-0.15, -0.1) is 0 Å². The van der Waals surface area contributed by atoms with Gasteiger partial charge in [-0.25, -0.2) is 0 Å². The van der Waals surface area contributed by atoms with Gasteiger partial charge in [0, 0.05) is 6.04 Å². The second-order valence-corrected chi connectivity index (χ2v) is 7.42. The van der Waals surface area contributed by atoms with Crippen LogP contribution in [0.2, 0.25) is 0 Å². The molecule has 3 aliphatic carbocycles. The van der Waals surface area contributed by atoms with Gasteiger partial charge in [-0.2, -0.15) is 0 Å². The summed E-state index contributed by atoms with van der Waals surface area (Å²) in [5.74, 6) is 1.90. The molecule has 106 valence electrons. The Bertz CT molecular complexity index is 382. The van der Waals surface area contributed by atoms with Crippen LogP contribution in [-0.4, -0.2) is 28.6 Å². The van der Waals surface area contributed by atoms with Gasteiger partial charge in [-0.3, -0.25) is 10.1 Å². The number of rotatable bonds is 2. The molecule has 3 unspecified atom stereocenters. The van der Waals surface area contributed by atoms with Crippen molar-refractivity contribution in [2.45, 2.75) is 82.5 Å². The Morgan fingerprint density at radius 3 is 2.37 bits per heavy atom.